The summed E-state index contributed by atoms with van der Waals surface area (Å²) in [6, 6.07) is -0.193. The third-order valence-electron chi connectivity index (χ3n) is 4.52. The Morgan fingerprint density at radius 3 is 2.57 bits per heavy atom. The Morgan fingerprint density at radius 2 is 2.03 bits per heavy atom. The molecule has 0 aliphatic carbocycles. The maximum absolute atomic E-state index is 12.9. The summed E-state index contributed by atoms with van der Waals surface area (Å²) in [7, 11) is 1.88. The zero-order valence-electron chi connectivity index (χ0n) is 19.4. The van der Waals surface area contributed by atoms with E-state index in [4.69, 9.17) is 9.47 Å². The number of hydrogen-bond donors (Lipinski definition) is 2. The maximum Gasteiger partial charge on any atom is 0.412 e. The number of aryl methyl sites for hydroxylation is 1. The van der Waals surface area contributed by atoms with Gasteiger partial charge >= 0.3 is 6.09 Å². The number of hydrogen-bond acceptors (Lipinski definition) is 5. The monoisotopic (exact) mass is 536 g/mol. The fourth-order valence-corrected chi connectivity index (χ4v) is 3.39. The Labute approximate surface area is 197 Å². The molecule has 0 aromatic carbocycles. The van der Waals surface area contributed by atoms with Crippen LogP contribution in [0.1, 0.15) is 54.0 Å². The molecule has 1 aromatic rings. The first kappa shape index (κ1) is 26.5. The van der Waals surface area contributed by atoms with E-state index in [2.05, 4.69) is 20.7 Å². The summed E-state index contributed by atoms with van der Waals surface area (Å²) in [5.74, 6) is 0.678. The minimum Gasteiger partial charge on any atom is -0.444 e. The molecule has 1 saturated heterocycles. The molecule has 1 aliphatic rings. The van der Waals surface area contributed by atoms with Crippen LogP contribution in [0.5, 0.6) is 0 Å². The number of rotatable bonds is 5. The van der Waals surface area contributed by atoms with E-state index < -0.39 is 11.3 Å². The van der Waals surface area contributed by atoms with Crippen molar-refractivity contribution in [2.45, 2.75) is 78.5 Å². The molecule has 0 radical (unpaired) electrons. The molecule has 2 heterocycles. The Morgan fingerprint density at radius 1 is 1.37 bits per heavy atom. The standard InChI is InChI=1S/C20H36N6O3.HI/c1-9-21-17(22-10-15-11-24-25(8)13-15)23-12-16-14(2)28-20(6,7)26(16)18(27)29-19(3,4)5;/h11,13-14,16H,9-10,12H2,1-8H3,(H2,21,22,23);1H. The van der Waals surface area contributed by atoms with Gasteiger partial charge < -0.3 is 20.1 Å². The van der Waals surface area contributed by atoms with Crippen LogP contribution in [0.2, 0.25) is 0 Å². The molecule has 0 saturated carbocycles. The van der Waals surface area contributed by atoms with Crippen LogP contribution < -0.4 is 10.6 Å². The summed E-state index contributed by atoms with van der Waals surface area (Å²) < 4.78 is 13.4. The van der Waals surface area contributed by atoms with Crippen LogP contribution in [0, 0.1) is 0 Å². The fraction of sp³-hybridized carbons (Fsp3) is 0.750. The van der Waals surface area contributed by atoms with Gasteiger partial charge in [-0.15, -0.1) is 24.0 Å². The van der Waals surface area contributed by atoms with Crippen LogP contribution in [-0.2, 0) is 23.1 Å². The Hall–Kier alpha value is -1.56. The number of nitrogens with one attached hydrogen (secondary N) is 2. The van der Waals surface area contributed by atoms with Crippen molar-refractivity contribution < 1.29 is 14.3 Å². The van der Waals surface area contributed by atoms with Crippen molar-refractivity contribution in [1.82, 2.24) is 25.3 Å². The highest BCUT2D eigenvalue weighted by molar-refractivity contribution is 14.0. The van der Waals surface area contributed by atoms with Crippen molar-refractivity contribution in [1.29, 1.82) is 0 Å². The van der Waals surface area contributed by atoms with Crippen LogP contribution in [0.25, 0.3) is 0 Å². The van der Waals surface area contributed by atoms with E-state index in [0.29, 0.717) is 19.0 Å². The predicted octanol–water partition coefficient (Wildman–Crippen LogP) is 2.85. The summed E-state index contributed by atoms with van der Waals surface area (Å²) in [4.78, 5) is 19.2. The predicted molar refractivity (Wildman–Crippen MR) is 128 cm³/mol. The summed E-state index contributed by atoms with van der Waals surface area (Å²) in [6.45, 7) is 15.1. The second-order valence-electron chi connectivity index (χ2n) is 8.79. The smallest absolute Gasteiger partial charge is 0.412 e. The minimum absolute atomic E-state index is 0. The van der Waals surface area contributed by atoms with Gasteiger partial charge in [-0.3, -0.25) is 9.58 Å². The second-order valence-corrected chi connectivity index (χ2v) is 8.79. The molecule has 1 fully saturated rings. The molecule has 1 aromatic heterocycles. The van der Waals surface area contributed by atoms with Crippen molar-refractivity contribution in [3.63, 3.8) is 0 Å². The number of amides is 1. The highest BCUT2D eigenvalue weighted by Crippen LogP contribution is 2.33. The molecular formula is C20H37IN6O3. The van der Waals surface area contributed by atoms with Gasteiger partial charge in [0.05, 0.1) is 24.9 Å². The largest absolute Gasteiger partial charge is 0.444 e. The molecule has 9 nitrogen and oxygen atoms in total. The number of carbonyl (C=O) groups excluding carboxylic acids is 1. The van der Waals surface area contributed by atoms with E-state index in [9.17, 15) is 4.79 Å². The minimum atomic E-state index is -0.751. The lowest BCUT2D eigenvalue weighted by molar-refractivity contribution is -0.0755. The van der Waals surface area contributed by atoms with E-state index in [1.165, 1.54) is 0 Å². The summed E-state index contributed by atoms with van der Waals surface area (Å²) in [5, 5.41) is 10.7. The van der Waals surface area contributed by atoms with Crippen LogP contribution >= 0.6 is 24.0 Å². The average Bonchev–Trinajstić information content (AvgIpc) is 3.08. The van der Waals surface area contributed by atoms with Crippen LogP contribution in [0.4, 0.5) is 4.79 Å². The lowest BCUT2D eigenvalue weighted by Gasteiger charge is -2.35. The van der Waals surface area contributed by atoms with E-state index in [-0.39, 0.29) is 42.2 Å². The zero-order valence-corrected chi connectivity index (χ0v) is 21.7. The zero-order chi connectivity index (χ0) is 21.8. The lowest BCUT2D eigenvalue weighted by atomic mass is 10.1. The molecule has 1 amide bonds. The summed E-state index contributed by atoms with van der Waals surface area (Å²) in [6.07, 6.45) is 3.21. The first-order valence-corrected chi connectivity index (χ1v) is 10.1. The highest BCUT2D eigenvalue weighted by atomic mass is 127. The van der Waals surface area contributed by atoms with E-state index in [1.807, 2.05) is 61.7 Å². The van der Waals surface area contributed by atoms with Crippen LogP contribution in [0.15, 0.2) is 17.4 Å². The average molecular weight is 536 g/mol. The van der Waals surface area contributed by atoms with Crippen molar-refractivity contribution in [2.24, 2.45) is 12.0 Å². The highest BCUT2D eigenvalue weighted by Gasteiger charge is 2.49. The molecule has 2 rings (SSSR count). The van der Waals surface area contributed by atoms with Crippen LogP contribution in [0.3, 0.4) is 0 Å². The van der Waals surface area contributed by atoms with Gasteiger partial charge in [0.2, 0.25) is 0 Å². The molecule has 1 aliphatic heterocycles. The van der Waals surface area contributed by atoms with Gasteiger partial charge in [0, 0.05) is 31.9 Å². The maximum atomic E-state index is 12.9. The van der Waals surface area contributed by atoms with E-state index in [1.54, 1.807) is 15.8 Å². The first-order valence-electron chi connectivity index (χ1n) is 10.1. The number of nitrogens with zero attached hydrogens (tertiary/aromatic N) is 4. The first-order chi connectivity index (χ1) is 13.4. The summed E-state index contributed by atoms with van der Waals surface area (Å²) >= 11 is 0. The number of carbonyl (C=O) groups is 1. The van der Waals surface area contributed by atoms with Crippen LogP contribution in [-0.4, -0.2) is 63.3 Å². The van der Waals surface area contributed by atoms with Gasteiger partial charge in [-0.05, 0) is 48.5 Å². The third-order valence-corrected chi connectivity index (χ3v) is 4.52. The van der Waals surface area contributed by atoms with Gasteiger partial charge in [0.25, 0.3) is 0 Å². The molecule has 10 heteroatoms. The van der Waals surface area contributed by atoms with Crippen molar-refractivity contribution in [3.8, 4) is 0 Å². The van der Waals surface area contributed by atoms with Crippen molar-refractivity contribution in [2.75, 3.05) is 13.1 Å². The molecule has 2 unspecified atom stereocenters. The fourth-order valence-electron chi connectivity index (χ4n) is 3.39. The Kier molecular flexibility index (Phi) is 9.40. The molecule has 172 valence electrons. The van der Waals surface area contributed by atoms with Gasteiger partial charge in [0.1, 0.15) is 11.3 Å². The number of guanidine groups is 1. The number of aliphatic imine (C=N–C) groups is 1. The molecule has 0 spiro atoms. The third kappa shape index (κ3) is 7.29. The molecule has 30 heavy (non-hydrogen) atoms. The van der Waals surface area contributed by atoms with Crippen molar-refractivity contribution >= 4 is 36.0 Å². The molecule has 2 N–H and O–H groups in total. The lowest BCUT2D eigenvalue weighted by Crippen LogP contribution is -2.54. The number of ether oxygens (including phenoxy) is 2. The number of aromatic nitrogens is 2. The van der Waals surface area contributed by atoms with E-state index in [0.717, 1.165) is 12.1 Å². The second kappa shape index (κ2) is 10.7. The Balaban J connectivity index is 0.00000450. The van der Waals surface area contributed by atoms with Gasteiger partial charge in [0.15, 0.2) is 5.96 Å². The SMILES string of the molecule is CCNC(=NCc1cnn(C)c1)NCC1C(C)OC(C)(C)N1C(=O)OC(C)(C)C.I. The molecule has 2 atom stereocenters. The number of halogens is 1. The van der Waals surface area contributed by atoms with Crippen molar-refractivity contribution in [3.05, 3.63) is 18.0 Å². The quantitative estimate of drug-likeness (QED) is 0.342. The van der Waals surface area contributed by atoms with Gasteiger partial charge in [-0.1, -0.05) is 0 Å². The molecule has 0 bridgehead atoms. The Bertz CT molecular complexity index is 728. The van der Waals surface area contributed by atoms with Gasteiger partial charge in [-0.25, -0.2) is 9.79 Å². The van der Waals surface area contributed by atoms with Gasteiger partial charge in [-0.2, -0.15) is 5.10 Å². The normalized spacial score (nSPS) is 21.2. The molecular weight excluding hydrogens is 499 g/mol. The topological polar surface area (TPSA) is 93.0 Å². The summed E-state index contributed by atoms with van der Waals surface area (Å²) in [5.41, 5.74) is -0.296. The van der Waals surface area contributed by atoms with E-state index >= 15 is 0 Å².